The van der Waals surface area contributed by atoms with E-state index in [1.54, 1.807) is 0 Å². The Morgan fingerprint density at radius 3 is 1.37 bits per heavy atom. The molecule has 2 aliphatic carbocycles. The van der Waals surface area contributed by atoms with Crippen LogP contribution in [0.4, 0.5) is 28.9 Å². The van der Waals surface area contributed by atoms with Crippen molar-refractivity contribution in [1.82, 2.24) is 0 Å². The van der Waals surface area contributed by atoms with E-state index in [1.165, 1.54) is 24.3 Å². The Balaban J connectivity index is 2.08. The summed E-state index contributed by atoms with van der Waals surface area (Å²) in [5.41, 5.74) is -0.638. The fraction of sp³-hybridized carbons (Fsp3) is 0.412. The molecule has 220 valence electrons. The summed E-state index contributed by atoms with van der Waals surface area (Å²) < 4.78 is 67.4. The molecule has 0 aromatic heterocycles. The molecule has 2 aromatic carbocycles. The SMILES string of the molecule is CCCC(C)(C)Nc1ccc(F)[c]([Ti]([C]2=CC=CC2)([C]2=CC=CC2)[c]2c(F)ccc(NC(C)(C)CCC)c2F)c1F. The number of halogens is 4. The summed E-state index contributed by atoms with van der Waals surface area (Å²) in [7, 11) is 0. The second-order valence-corrected chi connectivity index (χ2v) is 18.4. The summed E-state index contributed by atoms with van der Waals surface area (Å²) in [6, 6.07) is 5.30. The molecule has 0 heterocycles. The zero-order valence-corrected chi connectivity index (χ0v) is 26.6. The molecule has 0 spiro atoms. The molecule has 0 atom stereocenters. The number of rotatable bonds is 12. The van der Waals surface area contributed by atoms with Crippen molar-refractivity contribution < 1.29 is 34.2 Å². The molecule has 2 aliphatic rings. The number of hydrogen-bond donors (Lipinski definition) is 2. The third-order valence-electron chi connectivity index (χ3n) is 8.13. The minimum atomic E-state index is -4.88. The van der Waals surface area contributed by atoms with Gasteiger partial charge in [0, 0.05) is 0 Å². The van der Waals surface area contributed by atoms with E-state index in [-0.39, 0.29) is 19.1 Å². The van der Waals surface area contributed by atoms with Crippen molar-refractivity contribution >= 4 is 19.1 Å². The van der Waals surface area contributed by atoms with Crippen LogP contribution in [0, 0.1) is 23.3 Å². The Labute approximate surface area is 246 Å². The molecule has 2 nitrogen and oxygen atoms in total. The number of hydrogen-bond acceptors (Lipinski definition) is 2. The molecule has 0 saturated carbocycles. The standard InChI is InChI=1S/2C12H16F2N.2C5H5.Ti/c2*1-4-7-12(2,3)15-11-6-5-9(13)8-10(11)14;2*1-2-4-5-3-1;/h2*5-6,15H,4,7H2,1-3H3;2*1-3H,4H2;. The molecule has 0 amide bonds. The zero-order chi connectivity index (χ0) is 30.0. The molecule has 2 aromatic rings. The first-order chi connectivity index (χ1) is 19.4. The Kier molecular flexibility index (Phi) is 9.45. The maximum absolute atomic E-state index is 16.9. The van der Waals surface area contributed by atoms with Gasteiger partial charge in [-0.15, -0.1) is 0 Å². The van der Waals surface area contributed by atoms with Gasteiger partial charge in [0.15, 0.2) is 0 Å². The monoisotopic (exact) mass is 602 g/mol. The molecule has 2 N–H and O–H groups in total. The van der Waals surface area contributed by atoms with Gasteiger partial charge in [-0.1, -0.05) is 0 Å². The predicted molar refractivity (Wildman–Crippen MR) is 161 cm³/mol. The van der Waals surface area contributed by atoms with Crippen molar-refractivity contribution in [3.63, 3.8) is 0 Å². The van der Waals surface area contributed by atoms with Crippen molar-refractivity contribution in [1.29, 1.82) is 0 Å². The van der Waals surface area contributed by atoms with E-state index < -0.39 is 50.9 Å². The Hall–Kier alpha value is -2.57. The van der Waals surface area contributed by atoms with E-state index >= 15 is 17.6 Å². The Morgan fingerprint density at radius 1 is 0.659 bits per heavy atom. The summed E-state index contributed by atoms with van der Waals surface area (Å²) >= 11 is -4.88. The average Bonchev–Trinajstić information content (AvgIpc) is 3.62. The van der Waals surface area contributed by atoms with Crippen LogP contribution in [0.25, 0.3) is 0 Å². The van der Waals surface area contributed by atoms with Gasteiger partial charge in [0.05, 0.1) is 0 Å². The minimum absolute atomic E-state index is 0.145. The van der Waals surface area contributed by atoms with Crippen LogP contribution in [0.5, 0.6) is 0 Å². The maximum atomic E-state index is 16.9. The van der Waals surface area contributed by atoms with E-state index in [1.807, 2.05) is 78.0 Å². The summed E-state index contributed by atoms with van der Waals surface area (Å²) in [5.74, 6) is -3.08. The molecule has 7 heteroatoms. The van der Waals surface area contributed by atoms with E-state index in [0.717, 1.165) is 25.7 Å². The quantitative estimate of drug-likeness (QED) is 0.187. The summed E-state index contributed by atoms with van der Waals surface area (Å²) in [4.78, 5) is 0. The second kappa shape index (κ2) is 12.3. The number of benzene rings is 2. The van der Waals surface area contributed by atoms with Crippen molar-refractivity contribution in [2.75, 3.05) is 10.6 Å². The Morgan fingerprint density at radius 2 is 1.05 bits per heavy atom. The topological polar surface area (TPSA) is 24.1 Å². The molecule has 4 rings (SSSR count). The molecule has 0 fully saturated rings. The van der Waals surface area contributed by atoms with Gasteiger partial charge >= 0.3 is 247 Å². The van der Waals surface area contributed by atoms with Crippen LogP contribution in [-0.2, 0) is 16.6 Å². The van der Waals surface area contributed by atoms with Crippen LogP contribution in [0.1, 0.15) is 80.1 Å². The molecule has 0 saturated heterocycles. The zero-order valence-electron chi connectivity index (χ0n) is 25.0. The van der Waals surface area contributed by atoms with Crippen LogP contribution in [-0.4, -0.2) is 11.1 Å². The van der Waals surface area contributed by atoms with E-state index in [4.69, 9.17) is 0 Å². The van der Waals surface area contributed by atoms with Gasteiger partial charge in [-0.2, -0.15) is 0 Å². The van der Waals surface area contributed by atoms with Gasteiger partial charge in [-0.3, -0.25) is 0 Å². The molecule has 0 radical (unpaired) electrons. The Bertz CT molecular complexity index is 1310. The normalized spacial score (nSPS) is 15.4. The van der Waals surface area contributed by atoms with E-state index in [2.05, 4.69) is 10.6 Å². The van der Waals surface area contributed by atoms with E-state index in [0.29, 0.717) is 20.6 Å². The first kappa shape index (κ1) is 31.4. The number of nitrogens with one attached hydrogen (secondary N) is 2. The van der Waals surface area contributed by atoms with Crippen LogP contribution in [0.15, 0.2) is 68.5 Å². The van der Waals surface area contributed by atoms with Gasteiger partial charge in [-0.05, 0) is 0 Å². The van der Waals surface area contributed by atoms with Gasteiger partial charge in [-0.25, -0.2) is 0 Å². The molecule has 0 bridgehead atoms. The van der Waals surface area contributed by atoms with Crippen molar-refractivity contribution in [2.24, 2.45) is 0 Å². The number of anilines is 2. The first-order valence-electron chi connectivity index (χ1n) is 14.6. The third-order valence-corrected chi connectivity index (χ3v) is 16.1. The summed E-state index contributed by atoms with van der Waals surface area (Å²) in [6.07, 6.45) is 15.1. The fourth-order valence-electron chi connectivity index (χ4n) is 6.51. The fourth-order valence-corrected chi connectivity index (χ4v) is 14.8. The summed E-state index contributed by atoms with van der Waals surface area (Å²) in [6.45, 7) is 12.0. The van der Waals surface area contributed by atoms with Gasteiger partial charge in [0.1, 0.15) is 0 Å². The van der Waals surface area contributed by atoms with Crippen LogP contribution < -0.4 is 18.4 Å². The molecule has 0 aliphatic heterocycles. The second-order valence-electron chi connectivity index (χ2n) is 12.5. The molecular weight excluding hydrogens is 560 g/mol. The van der Waals surface area contributed by atoms with Crippen LogP contribution in [0.3, 0.4) is 0 Å². The average molecular weight is 603 g/mol. The van der Waals surface area contributed by atoms with E-state index in [9.17, 15) is 0 Å². The number of allylic oxidation sites excluding steroid dienone is 8. The third kappa shape index (κ3) is 6.15. The summed E-state index contributed by atoms with van der Waals surface area (Å²) in [5, 5.41) is 6.53. The van der Waals surface area contributed by atoms with Crippen molar-refractivity contribution in [3.8, 4) is 0 Å². The van der Waals surface area contributed by atoms with Gasteiger partial charge < -0.3 is 0 Å². The molecular formula is C34H42F4N2Ti. The molecule has 0 unspecified atom stereocenters. The van der Waals surface area contributed by atoms with Crippen LogP contribution in [0.2, 0.25) is 0 Å². The first-order valence-corrected chi connectivity index (χ1v) is 17.8. The van der Waals surface area contributed by atoms with Crippen molar-refractivity contribution in [3.05, 3.63) is 91.7 Å². The van der Waals surface area contributed by atoms with Crippen LogP contribution >= 0.6 is 0 Å². The molecule has 41 heavy (non-hydrogen) atoms. The van der Waals surface area contributed by atoms with Crippen molar-refractivity contribution in [2.45, 2.75) is 91.1 Å². The van der Waals surface area contributed by atoms with Gasteiger partial charge in [0.2, 0.25) is 0 Å². The van der Waals surface area contributed by atoms with Gasteiger partial charge in [0.25, 0.3) is 0 Å². The predicted octanol–water partition coefficient (Wildman–Crippen LogP) is 9.02.